The van der Waals surface area contributed by atoms with Crippen LogP contribution >= 0.6 is 11.3 Å². The fraction of sp³-hybridized carbons (Fsp3) is 0.222. The first kappa shape index (κ1) is 18.2. The van der Waals surface area contributed by atoms with E-state index in [-0.39, 0.29) is 5.91 Å². The Labute approximate surface area is 151 Å². The summed E-state index contributed by atoms with van der Waals surface area (Å²) in [5.41, 5.74) is 0.277. The molecule has 1 aromatic carbocycles. The van der Waals surface area contributed by atoms with Gasteiger partial charge in [-0.15, -0.1) is 11.3 Å². The Morgan fingerprint density at radius 2 is 2.04 bits per heavy atom. The van der Waals surface area contributed by atoms with E-state index in [9.17, 15) is 18.0 Å². The first-order valence-electron chi connectivity index (χ1n) is 7.71. The summed E-state index contributed by atoms with van der Waals surface area (Å²) in [6, 6.07) is 6.81. The number of aryl methyl sites for hydroxylation is 2. The van der Waals surface area contributed by atoms with Gasteiger partial charge in [0.25, 0.3) is 5.91 Å². The van der Waals surface area contributed by atoms with Gasteiger partial charge >= 0.3 is 6.18 Å². The summed E-state index contributed by atoms with van der Waals surface area (Å²) in [6.07, 6.45) is -2.52. The van der Waals surface area contributed by atoms with E-state index in [1.165, 1.54) is 17.4 Å². The minimum absolute atomic E-state index is 0.307. The highest BCUT2D eigenvalue weighted by atomic mass is 32.1. The van der Waals surface area contributed by atoms with Gasteiger partial charge in [-0.2, -0.15) is 13.2 Å². The number of halogens is 3. The molecule has 0 aliphatic heterocycles. The molecule has 2 heterocycles. The molecule has 136 valence electrons. The van der Waals surface area contributed by atoms with Crippen molar-refractivity contribution in [3.8, 4) is 0 Å². The van der Waals surface area contributed by atoms with Crippen molar-refractivity contribution >= 4 is 22.4 Å². The summed E-state index contributed by atoms with van der Waals surface area (Å²) in [7, 11) is 0. The number of furan rings is 1. The highest BCUT2D eigenvalue weighted by Gasteiger charge is 2.30. The summed E-state index contributed by atoms with van der Waals surface area (Å²) in [4.78, 5) is 17.1. The van der Waals surface area contributed by atoms with Crippen LogP contribution in [0.1, 0.15) is 37.9 Å². The summed E-state index contributed by atoms with van der Waals surface area (Å²) < 4.78 is 43.7. The summed E-state index contributed by atoms with van der Waals surface area (Å²) in [6.45, 7) is 3.45. The van der Waals surface area contributed by atoms with E-state index < -0.39 is 11.7 Å². The number of carbonyl (C=O) groups excluding carboxylic acids is 1. The van der Waals surface area contributed by atoms with Crippen molar-refractivity contribution in [2.75, 3.05) is 5.32 Å². The second-order valence-corrected chi connectivity index (χ2v) is 6.90. The minimum Gasteiger partial charge on any atom is -0.466 e. The molecule has 4 nitrogen and oxygen atoms in total. The Bertz CT molecular complexity index is 944. The molecular formula is C18H15F3N2O2S. The number of anilines is 1. The molecule has 0 aliphatic carbocycles. The van der Waals surface area contributed by atoms with E-state index in [2.05, 4.69) is 10.3 Å². The molecule has 8 heteroatoms. The van der Waals surface area contributed by atoms with Gasteiger partial charge in [0, 0.05) is 17.5 Å². The number of benzene rings is 1. The Balaban J connectivity index is 1.70. The number of hydrogen-bond acceptors (Lipinski definition) is 4. The lowest BCUT2D eigenvalue weighted by Gasteiger charge is -2.07. The van der Waals surface area contributed by atoms with Gasteiger partial charge in [0.05, 0.1) is 11.1 Å². The van der Waals surface area contributed by atoms with Crippen LogP contribution in [0.25, 0.3) is 0 Å². The fourth-order valence-electron chi connectivity index (χ4n) is 2.53. The van der Waals surface area contributed by atoms with Crippen molar-refractivity contribution in [3.63, 3.8) is 0 Å². The lowest BCUT2D eigenvalue weighted by atomic mass is 10.1. The minimum atomic E-state index is -4.37. The second kappa shape index (κ2) is 6.95. The van der Waals surface area contributed by atoms with E-state index in [4.69, 9.17) is 4.42 Å². The van der Waals surface area contributed by atoms with E-state index >= 15 is 0 Å². The van der Waals surface area contributed by atoms with Crippen LogP contribution in [0.15, 0.2) is 40.9 Å². The number of amides is 1. The molecule has 1 N–H and O–H groups in total. The standard InChI is InChI=1S/C18H15F3N2O2S/c1-10-6-15(11(2)25-10)16(24)23-17-22-9-14(26-17)8-12-4-3-5-13(7-12)18(19,20)21/h3-7,9H,8H2,1-2H3,(H,22,23,24). The van der Waals surface area contributed by atoms with Gasteiger partial charge in [-0.05, 0) is 31.5 Å². The van der Waals surface area contributed by atoms with Gasteiger partial charge in [-0.1, -0.05) is 18.2 Å². The van der Waals surface area contributed by atoms with Gasteiger partial charge in [0.2, 0.25) is 0 Å². The molecule has 0 fully saturated rings. The molecule has 1 amide bonds. The maximum Gasteiger partial charge on any atom is 0.416 e. The number of nitrogens with zero attached hydrogens (tertiary/aromatic N) is 1. The van der Waals surface area contributed by atoms with E-state index in [1.54, 1.807) is 32.2 Å². The Kier molecular flexibility index (Phi) is 4.86. The molecule has 2 aromatic heterocycles. The molecule has 3 rings (SSSR count). The largest absolute Gasteiger partial charge is 0.466 e. The molecule has 0 atom stereocenters. The number of alkyl halides is 3. The monoisotopic (exact) mass is 380 g/mol. The first-order valence-corrected chi connectivity index (χ1v) is 8.53. The van der Waals surface area contributed by atoms with Gasteiger partial charge in [0.1, 0.15) is 11.5 Å². The number of thiazole rings is 1. The predicted octanol–water partition coefficient (Wildman–Crippen LogP) is 5.21. The first-order chi connectivity index (χ1) is 12.2. The molecule has 3 aromatic rings. The van der Waals surface area contributed by atoms with Crippen LogP contribution in [0.4, 0.5) is 18.3 Å². The normalized spacial score (nSPS) is 11.6. The van der Waals surface area contributed by atoms with E-state index in [0.29, 0.717) is 34.2 Å². The van der Waals surface area contributed by atoms with Crippen molar-refractivity contribution < 1.29 is 22.4 Å². The van der Waals surface area contributed by atoms with E-state index in [0.717, 1.165) is 17.0 Å². The second-order valence-electron chi connectivity index (χ2n) is 5.79. The molecule has 0 radical (unpaired) electrons. The average Bonchev–Trinajstić information content (AvgIpc) is 3.12. The SMILES string of the molecule is Cc1cc(C(=O)Nc2ncc(Cc3cccc(C(F)(F)F)c3)s2)c(C)o1. The van der Waals surface area contributed by atoms with E-state index in [1.807, 2.05) is 0 Å². The Morgan fingerprint density at radius 3 is 2.69 bits per heavy atom. The Morgan fingerprint density at radius 1 is 1.27 bits per heavy atom. The van der Waals surface area contributed by atoms with Gasteiger partial charge < -0.3 is 4.42 Å². The van der Waals surface area contributed by atoms with Crippen LogP contribution in [0.2, 0.25) is 0 Å². The number of nitrogens with one attached hydrogen (secondary N) is 1. The maximum atomic E-state index is 12.8. The predicted molar refractivity (Wildman–Crippen MR) is 92.5 cm³/mol. The zero-order valence-electron chi connectivity index (χ0n) is 14.0. The van der Waals surface area contributed by atoms with Crippen molar-refractivity contribution in [2.24, 2.45) is 0 Å². The molecule has 0 unspecified atom stereocenters. The lowest BCUT2D eigenvalue weighted by Crippen LogP contribution is -2.11. The third-order valence-corrected chi connectivity index (χ3v) is 4.61. The van der Waals surface area contributed by atoms with Crippen LogP contribution < -0.4 is 5.32 Å². The highest BCUT2D eigenvalue weighted by molar-refractivity contribution is 7.15. The molecule has 0 spiro atoms. The zero-order valence-corrected chi connectivity index (χ0v) is 14.8. The summed E-state index contributed by atoms with van der Waals surface area (Å²) in [5, 5.41) is 3.07. The molecule has 26 heavy (non-hydrogen) atoms. The molecular weight excluding hydrogens is 365 g/mol. The quantitative estimate of drug-likeness (QED) is 0.676. The molecule has 0 saturated carbocycles. The third kappa shape index (κ3) is 4.13. The topological polar surface area (TPSA) is 55.1 Å². The van der Waals surface area contributed by atoms with Crippen LogP contribution in [-0.2, 0) is 12.6 Å². The zero-order chi connectivity index (χ0) is 18.9. The molecule has 0 saturated heterocycles. The van der Waals surface area contributed by atoms with Crippen LogP contribution in [0.3, 0.4) is 0 Å². The van der Waals surface area contributed by atoms with Gasteiger partial charge in [0.15, 0.2) is 5.13 Å². The number of carbonyl (C=O) groups is 1. The number of hydrogen-bond donors (Lipinski definition) is 1. The fourth-order valence-corrected chi connectivity index (χ4v) is 3.37. The van der Waals surface area contributed by atoms with Gasteiger partial charge in [-0.25, -0.2) is 4.98 Å². The number of aromatic nitrogens is 1. The van der Waals surface area contributed by atoms with Crippen molar-refractivity contribution in [1.82, 2.24) is 4.98 Å². The maximum absolute atomic E-state index is 12.8. The lowest BCUT2D eigenvalue weighted by molar-refractivity contribution is -0.137. The Hall–Kier alpha value is -2.61. The van der Waals surface area contributed by atoms with Crippen LogP contribution in [0, 0.1) is 13.8 Å². The highest BCUT2D eigenvalue weighted by Crippen LogP contribution is 2.30. The van der Waals surface area contributed by atoms with Crippen LogP contribution in [0.5, 0.6) is 0 Å². The van der Waals surface area contributed by atoms with Crippen molar-refractivity contribution in [3.05, 3.63) is 69.6 Å². The van der Waals surface area contributed by atoms with Gasteiger partial charge in [-0.3, -0.25) is 10.1 Å². The third-order valence-electron chi connectivity index (χ3n) is 3.69. The smallest absolute Gasteiger partial charge is 0.416 e. The van der Waals surface area contributed by atoms with Crippen molar-refractivity contribution in [2.45, 2.75) is 26.4 Å². The average molecular weight is 380 g/mol. The van der Waals surface area contributed by atoms with Crippen molar-refractivity contribution in [1.29, 1.82) is 0 Å². The summed E-state index contributed by atoms with van der Waals surface area (Å²) >= 11 is 1.22. The molecule has 0 aliphatic rings. The number of rotatable bonds is 4. The summed E-state index contributed by atoms with van der Waals surface area (Å²) in [5.74, 6) is 0.817. The van der Waals surface area contributed by atoms with Crippen LogP contribution in [-0.4, -0.2) is 10.9 Å². The molecule has 0 bridgehead atoms.